The Kier molecular flexibility index (Phi) is 6.68. The Morgan fingerprint density at radius 1 is 1.26 bits per heavy atom. The number of alkyl halides is 1. The molecule has 1 fully saturated rings. The van der Waals surface area contributed by atoms with Crippen LogP contribution in [-0.4, -0.2) is 53.7 Å². The molecule has 0 radical (unpaired) electrons. The zero-order chi connectivity index (χ0) is 20.1. The molecule has 2 aliphatic heterocycles. The first-order valence-corrected chi connectivity index (χ1v) is 9.38. The topological polar surface area (TPSA) is 61.9 Å². The average Bonchev–Trinajstić information content (AvgIpc) is 2.86. The van der Waals surface area contributed by atoms with Gasteiger partial charge in [-0.25, -0.2) is 9.18 Å². The predicted octanol–water partition coefficient (Wildman–Crippen LogP) is 3.34. The smallest absolute Gasteiger partial charge is 0.417 e. The maximum Gasteiger partial charge on any atom is 0.417 e. The van der Waals surface area contributed by atoms with Crippen molar-refractivity contribution in [3.63, 3.8) is 0 Å². The SMILES string of the molecule is CCOC(=O)N1C=CC=C(N2CCC(F)(C(=O)NCC(C)(C)C)CC2)C=C1. The molecular weight excluding hydrogens is 349 g/mol. The molecule has 0 spiro atoms. The van der Waals surface area contributed by atoms with Gasteiger partial charge in [-0.1, -0.05) is 20.8 Å². The standard InChI is InChI=1S/C20H30FN3O3/c1-5-27-18(26)24-11-6-7-16(8-12-24)23-13-9-20(21,10-14-23)17(25)22-15-19(2,3)4/h6-8,11-12H,5,9-10,13-15H2,1-4H3,(H,22,25). The number of hydrogen-bond acceptors (Lipinski definition) is 4. The quantitative estimate of drug-likeness (QED) is 0.814. The minimum absolute atomic E-state index is 0.0835. The van der Waals surface area contributed by atoms with E-state index in [4.69, 9.17) is 4.74 Å². The van der Waals surface area contributed by atoms with Crippen molar-refractivity contribution in [1.82, 2.24) is 15.1 Å². The van der Waals surface area contributed by atoms with Gasteiger partial charge in [0.2, 0.25) is 0 Å². The molecule has 2 heterocycles. The number of rotatable bonds is 4. The second-order valence-electron chi connectivity index (χ2n) is 8.05. The zero-order valence-electron chi connectivity index (χ0n) is 16.6. The third kappa shape index (κ3) is 5.84. The number of halogens is 1. The number of nitrogens with one attached hydrogen (secondary N) is 1. The van der Waals surface area contributed by atoms with Gasteiger partial charge >= 0.3 is 6.09 Å². The Bertz CT molecular complexity index is 641. The van der Waals surface area contributed by atoms with E-state index in [-0.39, 0.29) is 18.3 Å². The monoisotopic (exact) mass is 379 g/mol. The molecule has 0 aromatic carbocycles. The molecule has 0 aromatic rings. The van der Waals surface area contributed by atoms with E-state index in [1.165, 1.54) is 4.90 Å². The summed E-state index contributed by atoms with van der Waals surface area (Å²) in [6, 6.07) is 0. The first kappa shape index (κ1) is 21.0. The molecule has 1 saturated heterocycles. The molecule has 2 amide bonds. The number of hydrogen-bond donors (Lipinski definition) is 1. The number of piperidine rings is 1. The number of carbonyl (C=O) groups is 2. The number of nitrogens with zero attached hydrogens (tertiary/aromatic N) is 2. The highest BCUT2D eigenvalue weighted by Crippen LogP contribution is 2.29. The number of ether oxygens (including phenoxy) is 1. The van der Waals surface area contributed by atoms with E-state index in [2.05, 4.69) is 5.32 Å². The van der Waals surface area contributed by atoms with E-state index < -0.39 is 17.7 Å². The van der Waals surface area contributed by atoms with Crippen molar-refractivity contribution < 1.29 is 18.7 Å². The van der Waals surface area contributed by atoms with Crippen LogP contribution in [-0.2, 0) is 9.53 Å². The fourth-order valence-corrected chi connectivity index (χ4v) is 2.88. The second kappa shape index (κ2) is 8.59. The summed E-state index contributed by atoms with van der Waals surface area (Å²) in [5, 5.41) is 2.74. The summed E-state index contributed by atoms with van der Waals surface area (Å²) < 4.78 is 20.0. The van der Waals surface area contributed by atoms with Gasteiger partial charge in [-0.3, -0.25) is 9.69 Å². The molecule has 6 nitrogen and oxygen atoms in total. The molecule has 27 heavy (non-hydrogen) atoms. The highest BCUT2D eigenvalue weighted by atomic mass is 19.1. The first-order chi connectivity index (χ1) is 12.6. The van der Waals surface area contributed by atoms with E-state index in [1.54, 1.807) is 31.5 Å². The molecule has 0 saturated carbocycles. The Morgan fingerprint density at radius 2 is 1.93 bits per heavy atom. The van der Waals surface area contributed by atoms with Crippen molar-refractivity contribution in [2.45, 2.75) is 46.2 Å². The summed E-state index contributed by atoms with van der Waals surface area (Å²) in [5.41, 5.74) is -1.04. The maximum absolute atomic E-state index is 15.1. The minimum Gasteiger partial charge on any atom is -0.449 e. The third-order valence-corrected chi connectivity index (χ3v) is 4.51. The van der Waals surface area contributed by atoms with Gasteiger partial charge in [0.05, 0.1) is 6.61 Å². The molecule has 0 atom stereocenters. The van der Waals surface area contributed by atoms with E-state index in [1.807, 2.05) is 31.7 Å². The summed E-state index contributed by atoms with van der Waals surface area (Å²) in [6.45, 7) is 9.37. The van der Waals surface area contributed by atoms with Crippen molar-refractivity contribution in [2.24, 2.45) is 5.41 Å². The van der Waals surface area contributed by atoms with Gasteiger partial charge in [0, 0.05) is 50.6 Å². The zero-order valence-corrected chi connectivity index (χ0v) is 16.6. The lowest BCUT2D eigenvalue weighted by Crippen LogP contribution is -2.51. The van der Waals surface area contributed by atoms with Crippen LogP contribution in [0.2, 0.25) is 0 Å². The molecule has 150 valence electrons. The summed E-state index contributed by atoms with van der Waals surface area (Å²) >= 11 is 0. The highest BCUT2D eigenvalue weighted by molar-refractivity contribution is 5.85. The van der Waals surface area contributed by atoms with Gasteiger partial charge in [0.25, 0.3) is 5.91 Å². The molecule has 7 heteroatoms. The molecular formula is C20H30FN3O3. The van der Waals surface area contributed by atoms with Gasteiger partial charge < -0.3 is 15.0 Å². The van der Waals surface area contributed by atoms with Crippen LogP contribution in [0.3, 0.4) is 0 Å². The molecule has 0 aliphatic carbocycles. The van der Waals surface area contributed by atoms with E-state index in [0.29, 0.717) is 26.2 Å². The Balaban J connectivity index is 1.92. The molecule has 1 N–H and O–H groups in total. The van der Waals surface area contributed by atoms with Gasteiger partial charge in [-0.2, -0.15) is 0 Å². The maximum atomic E-state index is 15.1. The van der Waals surface area contributed by atoms with Gasteiger partial charge in [-0.15, -0.1) is 0 Å². The van der Waals surface area contributed by atoms with Gasteiger partial charge in [0.1, 0.15) is 0 Å². The number of allylic oxidation sites excluding steroid dienone is 3. The normalized spacial score (nSPS) is 19.4. The van der Waals surface area contributed by atoms with Crippen molar-refractivity contribution in [1.29, 1.82) is 0 Å². The number of amides is 2. The highest BCUT2D eigenvalue weighted by Gasteiger charge is 2.42. The van der Waals surface area contributed by atoms with Crippen LogP contribution in [0.4, 0.5) is 9.18 Å². The van der Waals surface area contributed by atoms with E-state index in [9.17, 15) is 9.59 Å². The average molecular weight is 379 g/mol. The molecule has 2 aliphatic rings. The number of likely N-dealkylation sites (tertiary alicyclic amines) is 1. The van der Waals surface area contributed by atoms with Crippen LogP contribution in [0.1, 0.15) is 40.5 Å². The van der Waals surface area contributed by atoms with Crippen LogP contribution in [0.25, 0.3) is 0 Å². The van der Waals surface area contributed by atoms with Crippen molar-refractivity contribution in [3.8, 4) is 0 Å². The van der Waals surface area contributed by atoms with Crippen LogP contribution in [0.15, 0.2) is 36.3 Å². The van der Waals surface area contributed by atoms with E-state index in [0.717, 1.165) is 5.70 Å². The lowest BCUT2D eigenvalue weighted by atomic mass is 9.90. The summed E-state index contributed by atoms with van der Waals surface area (Å²) in [4.78, 5) is 27.5. The summed E-state index contributed by atoms with van der Waals surface area (Å²) in [6.07, 6.45) is 8.48. The fraction of sp³-hybridized carbons (Fsp3) is 0.600. The van der Waals surface area contributed by atoms with Crippen LogP contribution in [0, 0.1) is 5.41 Å². The largest absolute Gasteiger partial charge is 0.449 e. The molecule has 0 bridgehead atoms. The summed E-state index contributed by atoms with van der Waals surface area (Å²) in [5.74, 6) is -0.518. The fourth-order valence-electron chi connectivity index (χ4n) is 2.88. The summed E-state index contributed by atoms with van der Waals surface area (Å²) in [7, 11) is 0. The lowest BCUT2D eigenvalue weighted by Gasteiger charge is -2.37. The molecule has 2 rings (SSSR count). The van der Waals surface area contributed by atoms with Crippen molar-refractivity contribution in [2.75, 3.05) is 26.2 Å². The molecule has 0 aromatic heterocycles. The molecule has 0 unspecified atom stereocenters. The van der Waals surface area contributed by atoms with Crippen LogP contribution < -0.4 is 5.32 Å². The first-order valence-electron chi connectivity index (χ1n) is 9.38. The van der Waals surface area contributed by atoms with Crippen LogP contribution in [0.5, 0.6) is 0 Å². The van der Waals surface area contributed by atoms with Gasteiger partial charge in [-0.05, 0) is 30.6 Å². The second-order valence-corrected chi connectivity index (χ2v) is 8.05. The van der Waals surface area contributed by atoms with Crippen molar-refractivity contribution in [3.05, 3.63) is 36.3 Å². The Hall–Kier alpha value is -2.31. The minimum atomic E-state index is -1.83. The van der Waals surface area contributed by atoms with E-state index >= 15 is 4.39 Å². The third-order valence-electron chi connectivity index (χ3n) is 4.51. The Morgan fingerprint density at radius 3 is 2.52 bits per heavy atom. The lowest BCUT2D eigenvalue weighted by molar-refractivity contribution is -0.136. The predicted molar refractivity (Wildman–Crippen MR) is 102 cm³/mol. The van der Waals surface area contributed by atoms with Crippen molar-refractivity contribution >= 4 is 12.0 Å². The number of carbonyl (C=O) groups excluding carboxylic acids is 2. The Labute approximate surface area is 160 Å². The van der Waals surface area contributed by atoms with Gasteiger partial charge in [0.15, 0.2) is 5.67 Å². The van der Waals surface area contributed by atoms with Crippen LogP contribution >= 0.6 is 0 Å².